The Kier molecular flexibility index (Phi) is 9.27. The van der Waals surface area contributed by atoms with Crippen molar-refractivity contribution < 1.29 is 0 Å². The SMILES string of the molecule is CNc1cccc(-c2cccc(-c3cc(NC)cc(-c4nc(-c5ccccc5)nc(-c5cc(N)cc(-c6cccc(-c7cccc(N)c7)c6)c5)n4)c3)c2)c1. The van der Waals surface area contributed by atoms with Crippen LogP contribution in [-0.4, -0.2) is 29.0 Å². The number of aromatic nitrogens is 3. The molecule has 54 heavy (non-hydrogen) atoms. The van der Waals surface area contributed by atoms with E-state index < -0.39 is 0 Å². The molecule has 0 aliphatic rings. The van der Waals surface area contributed by atoms with Crippen molar-refractivity contribution in [1.29, 1.82) is 0 Å². The van der Waals surface area contributed by atoms with Crippen LogP contribution in [0.2, 0.25) is 0 Å². The third-order valence-electron chi connectivity index (χ3n) is 9.46. The van der Waals surface area contributed by atoms with Gasteiger partial charge in [-0.2, -0.15) is 0 Å². The van der Waals surface area contributed by atoms with E-state index in [0.29, 0.717) is 23.2 Å². The molecule has 0 amide bonds. The molecule has 7 aromatic carbocycles. The minimum atomic E-state index is 0.530. The predicted octanol–water partition coefficient (Wildman–Crippen LogP) is 10.8. The number of hydrogen-bond acceptors (Lipinski definition) is 7. The fourth-order valence-electron chi connectivity index (χ4n) is 6.69. The van der Waals surface area contributed by atoms with Gasteiger partial charge in [0, 0.05) is 53.5 Å². The fraction of sp³-hybridized carbons (Fsp3) is 0.0426. The fourth-order valence-corrected chi connectivity index (χ4v) is 6.69. The van der Waals surface area contributed by atoms with E-state index in [1.54, 1.807) is 0 Å². The number of nitrogens with zero attached hydrogens (tertiary/aromatic N) is 3. The van der Waals surface area contributed by atoms with E-state index >= 15 is 0 Å². The van der Waals surface area contributed by atoms with Crippen molar-refractivity contribution in [3.8, 4) is 78.7 Å². The molecule has 7 heteroatoms. The van der Waals surface area contributed by atoms with Gasteiger partial charge in [0.2, 0.25) is 0 Å². The van der Waals surface area contributed by atoms with Crippen LogP contribution in [0, 0.1) is 0 Å². The molecule has 0 aliphatic heterocycles. The van der Waals surface area contributed by atoms with E-state index in [1.807, 2.05) is 80.8 Å². The van der Waals surface area contributed by atoms with Crippen LogP contribution in [0.15, 0.2) is 164 Å². The molecule has 1 heterocycles. The van der Waals surface area contributed by atoms with Crippen molar-refractivity contribution in [2.24, 2.45) is 0 Å². The standard InChI is InChI=1S/C47H39N7/c1-50-43-19-9-17-36(27-43)32-13-7-15-34(21-32)38-23-40(29-44(28-38)51-2)47-53-45(30-10-4-3-5-11-30)52-46(54-47)39-22-37(25-42(49)26-39)33-14-6-12-31(20-33)35-16-8-18-41(48)24-35/h3-29,50-51H,48-49H2,1-2H3. The van der Waals surface area contributed by atoms with Crippen molar-refractivity contribution in [3.05, 3.63) is 164 Å². The predicted molar refractivity (Wildman–Crippen MR) is 226 cm³/mol. The highest BCUT2D eigenvalue weighted by Gasteiger charge is 2.16. The van der Waals surface area contributed by atoms with Crippen LogP contribution in [0.3, 0.4) is 0 Å². The van der Waals surface area contributed by atoms with Crippen LogP contribution >= 0.6 is 0 Å². The number of anilines is 4. The van der Waals surface area contributed by atoms with E-state index in [1.165, 1.54) is 0 Å². The lowest BCUT2D eigenvalue weighted by Gasteiger charge is -2.14. The maximum absolute atomic E-state index is 6.59. The van der Waals surface area contributed by atoms with Crippen molar-refractivity contribution in [2.75, 3.05) is 36.2 Å². The van der Waals surface area contributed by atoms with Gasteiger partial charge in [-0.25, -0.2) is 15.0 Å². The summed E-state index contributed by atoms with van der Waals surface area (Å²) < 4.78 is 0. The summed E-state index contributed by atoms with van der Waals surface area (Å²) in [6.07, 6.45) is 0. The Balaban J connectivity index is 1.24. The third kappa shape index (κ3) is 7.24. The quantitative estimate of drug-likeness (QED) is 0.111. The van der Waals surface area contributed by atoms with Gasteiger partial charge in [0.05, 0.1) is 0 Å². The highest BCUT2D eigenvalue weighted by molar-refractivity contribution is 5.82. The minimum absolute atomic E-state index is 0.530. The summed E-state index contributed by atoms with van der Waals surface area (Å²) in [6, 6.07) is 55.6. The van der Waals surface area contributed by atoms with Crippen LogP contribution < -0.4 is 22.1 Å². The third-order valence-corrected chi connectivity index (χ3v) is 9.46. The van der Waals surface area contributed by atoms with Gasteiger partial charge in [-0.05, 0) is 117 Å². The monoisotopic (exact) mass is 701 g/mol. The largest absolute Gasteiger partial charge is 0.399 e. The average molecular weight is 702 g/mol. The lowest BCUT2D eigenvalue weighted by molar-refractivity contribution is 1.07. The first-order chi connectivity index (χ1) is 26.4. The van der Waals surface area contributed by atoms with Crippen LogP contribution in [-0.2, 0) is 0 Å². The molecule has 1 aromatic heterocycles. The Morgan fingerprint density at radius 1 is 0.315 bits per heavy atom. The molecule has 0 saturated heterocycles. The molecular weight excluding hydrogens is 663 g/mol. The smallest absolute Gasteiger partial charge is 0.164 e. The van der Waals surface area contributed by atoms with E-state index in [0.717, 1.165) is 78.3 Å². The van der Waals surface area contributed by atoms with Gasteiger partial charge >= 0.3 is 0 Å². The molecule has 262 valence electrons. The number of benzene rings is 7. The second-order valence-corrected chi connectivity index (χ2v) is 13.2. The van der Waals surface area contributed by atoms with Crippen LogP contribution in [0.25, 0.3) is 78.7 Å². The Morgan fingerprint density at radius 3 is 1.28 bits per heavy atom. The maximum atomic E-state index is 6.59. The highest BCUT2D eigenvalue weighted by atomic mass is 15.0. The molecule has 7 nitrogen and oxygen atoms in total. The van der Waals surface area contributed by atoms with E-state index in [-0.39, 0.29) is 0 Å². The van der Waals surface area contributed by atoms with Crippen LogP contribution in [0.5, 0.6) is 0 Å². The summed E-state index contributed by atoms with van der Waals surface area (Å²) in [7, 11) is 3.86. The normalized spacial score (nSPS) is 10.9. The number of nitrogens with two attached hydrogens (primary N) is 2. The molecule has 0 saturated carbocycles. The van der Waals surface area contributed by atoms with E-state index in [4.69, 9.17) is 26.4 Å². The van der Waals surface area contributed by atoms with Crippen molar-refractivity contribution in [2.45, 2.75) is 0 Å². The molecule has 0 bridgehead atoms. The second kappa shape index (κ2) is 14.8. The van der Waals surface area contributed by atoms with Crippen LogP contribution in [0.4, 0.5) is 22.7 Å². The first-order valence-electron chi connectivity index (χ1n) is 17.8. The van der Waals surface area contributed by atoms with Gasteiger partial charge in [-0.3, -0.25) is 0 Å². The van der Waals surface area contributed by atoms with Crippen molar-refractivity contribution in [3.63, 3.8) is 0 Å². The summed E-state index contributed by atoms with van der Waals surface area (Å²) in [6.45, 7) is 0. The zero-order valence-electron chi connectivity index (χ0n) is 30.1. The highest BCUT2D eigenvalue weighted by Crippen LogP contribution is 2.35. The molecule has 6 N–H and O–H groups in total. The Hall–Kier alpha value is -7.25. The first kappa shape index (κ1) is 33.9. The lowest BCUT2D eigenvalue weighted by atomic mass is 9.96. The Bertz CT molecular complexity index is 2620. The maximum Gasteiger partial charge on any atom is 0.164 e. The lowest BCUT2D eigenvalue weighted by Crippen LogP contribution is -2.01. The minimum Gasteiger partial charge on any atom is -0.399 e. The summed E-state index contributed by atoms with van der Waals surface area (Å²) in [4.78, 5) is 15.2. The van der Waals surface area contributed by atoms with Gasteiger partial charge in [0.15, 0.2) is 17.5 Å². The van der Waals surface area contributed by atoms with Gasteiger partial charge in [0.1, 0.15) is 0 Å². The zero-order valence-corrected chi connectivity index (χ0v) is 30.1. The summed E-state index contributed by atoms with van der Waals surface area (Å²) in [5.41, 5.74) is 27.1. The van der Waals surface area contributed by atoms with Crippen LogP contribution in [0.1, 0.15) is 0 Å². The van der Waals surface area contributed by atoms with Gasteiger partial charge in [-0.15, -0.1) is 0 Å². The molecular formula is C47H39N7. The molecule has 0 aliphatic carbocycles. The summed E-state index contributed by atoms with van der Waals surface area (Å²) in [5.74, 6) is 1.66. The Morgan fingerprint density at radius 2 is 0.685 bits per heavy atom. The van der Waals surface area contributed by atoms with E-state index in [2.05, 4.69) is 108 Å². The van der Waals surface area contributed by atoms with Gasteiger partial charge < -0.3 is 22.1 Å². The molecule has 0 atom stereocenters. The second-order valence-electron chi connectivity index (χ2n) is 13.2. The first-order valence-corrected chi connectivity index (χ1v) is 17.8. The number of nitrogens with one attached hydrogen (secondary N) is 2. The topological polar surface area (TPSA) is 115 Å². The number of nitrogen functional groups attached to an aromatic ring is 2. The van der Waals surface area contributed by atoms with E-state index in [9.17, 15) is 0 Å². The number of rotatable bonds is 9. The Labute approximate surface area is 315 Å². The molecule has 0 radical (unpaired) electrons. The zero-order chi connectivity index (χ0) is 37.0. The van der Waals surface area contributed by atoms with Gasteiger partial charge in [-0.1, -0.05) is 91.0 Å². The summed E-state index contributed by atoms with van der Waals surface area (Å²) in [5, 5.41) is 6.59. The molecule has 8 rings (SSSR count). The molecule has 8 aromatic rings. The number of hydrogen-bond donors (Lipinski definition) is 4. The van der Waals surface area contributed by atoms with Crippen molar-refractivity contribution in [1.82, 2.24) is 15.0 Å². The molecule has 0 unspecified atom stereocenters. The molecule has 0 spiro atoms. The molecule has 0 fully saturated rings. The van der Waals surface area contributed by atoms with Crippen molar-refractivity contribution >= 4 is 22.7 Å². The average Bonchev–Trinajstić information content (AvgIpc) is 3.23. The van der Waals surface area contributed by atoms with Gasteiger partial charge in [0.25, 0.3) is 0 Å². The summed E-state index contributed by atoms with van der Waals surface area (Å²) >= 11 is 0.